The third kappa shape index (κ3) is 4.83. The van der Waals surface area contributed by atoms with Crippen molar-refractivity contribution in [1.82, 2.24) is 0 Å². The molecule has 21 atom stereocenters. The minimum atomic E-state index is -1.41. The molecule has 4 saturated heterocycles. The van der Waals surface area contributed by atoms with Crippen molar-refractivity contribution < 1.29 is 64.2 Å². The van der Waals surface area contributed by atoms with Crippen molar-refractivity contribution >= 4 is 0 Å². The van der Waals surface area contributed by atoms with Gasteiger partial charge in [-0.2, -0.15) is 0 Å². The van der Waals surface area contributed by atoms with Crippen molar-refractivity contribution in [3.63, 3.8) is 0 Å². The van der Waals surface area contributed by atoms with E-state index in [2.05, 4.69) is 34.6 Å². The van der Waals surface area contributed by atoms with E-state index in [0.717, 1.165) is 38.5 Å². The second-order valence-corrected chi connectivity index (χ2v) is 20.7. The fraction of sp³-hybridized carbons (Fsp3) is 1.00. The maximum absolute atomic E-state index is 12.6. The van der Waals surface area contributed by atoms with Gasteiger partial charge in [0.25, 0.3) is 0 Å². The summed E-state index contributed by atoms with van der Waals surface area (Å²) in [5.74, 6) is -0.175. The van der Waals surface area contributed by atoms with Gasteiger partial charge in [-0.3, -0.25) is 0 Å². The van der Waals surface area contributed by atoms with E-state index in [0.29, 0.717) is 18.8 Å². The Morgan fingerprint density at radius 3 is 1.98 bits per heavy atom. The van der Waals surface area contributed by atoms with Crippen LogP contribution in [-0.2, 0) is 28.4 Å². The molecule has 9 aliphatic rings. The van der Waals surface area contributed by atoms with Crippen LogP contribution in [0.25, 0.3) is 0 Å². The molecule has 0 aromatic heterocycles. The normalized spacial score (nSPS) is 61.0. The van der Waals surface area contributed by atoms with Gasteiger partial charge in [0, 0.05) is 12.3 Å². The molecule has 21 unspecified atom stereocenters. The minimum absolute atomic E-state index is 0.0139. The number of aliphatic hydroxyl groups excluding tert-OH is 7. The lowest BCUT2D eigenvalue weighted by atomic mass is 9.41. The van der Waals surface area contributed by atoms with Gasteiger partial charge in [-0.05, 0) is 104 Å². The van der Waals surface area contributed by atoms with E-state index in [9.17, 15) is 35.7 Å². The van der Waals surface area contributed by atoms with E-state index in [4.69, 9.17) is 28.4 Å². The Balaban J connectivity index is 0.979. The number of fused-ring (bicyclic) bond motifs is 4. The third-order valence-corrected chi connectivity index (χ3v) is 17.6. The van der Waals surface area contributed by atoms with Crippen LogP contribution in [0.4, 0.5) is 0 Å². The molecule has 0 aromatic rings. The van der Waals surface area contributed by atoms with Gasteiger partial charge in [-0.1, -0.05) is 34.6 Å². The van der Waals surface area contributed by atoms with Gasteiger partial charge >= 0.3 is 0 Å². The molecule has 5 saturated carbocycles. The van der Waals surface area contributed by atoms with Gasteiger partial charge in [-0.15, -0.1) is 0 Å². The van der Waals surface area contributed by atoms with Gasteiger partial charge < -0.3 is 64.2 Å². The summed E-state index contributed by atoms with van der Waals surface area (Å²) in [4.78, 5) is 0. The Hall–Kier alpha value is -0.520. The Labute approximate surface area is 312 Å². The van der Waals surface area contributed by atoms with Gasteiger partial charge in [0.1, 0.15) is 42.7 Å². The van der Waals surface area contributed by atoms with Gasteiger partial charge in [0.05, 0.1) is 37.1 Å². The maximum atomic E-state index is 12.6. The summed E-state index contributed by atoms with van der Waals surface area (Å²) in [5.41, 5.74) is -1.65. The van der Waals surface area contributed by atoms with E-state index in [-0.39, 0.29) is 70.3 Å². The molecule has 0 aromatic carbocycles. The highest BCUT2D eigenvalue weighted by Gasteiger charge is 2.87. The summed E-state index contributed by atoms with van der Waals surface area (Å²) < 4.78 is 38.5. The van der Waals surface area contributed by atoms with Crippen molar-refractivity contribution in [1.29, 1.82) is 0 Å². The number of hydrogen-bond acceptors (Lipinski definition) is 13. The SMILES string of the molecule is CC1CC2OC3(CC4(C)C5C(O)CC6C(C)(C)C(OC7OCC(O)C(O)C7O)CCC67CC57CCC4(C)C13)OC2C(C)(C)OC1OCC(O)C(O)C1O. The zero-order valence-electron chi connectivity index (χ0n) is 32.4. The van der Waals surface area contributed by atoms with E-state index in [1.54, 1.807) is 0 Å². The fourth-order valence-electron chi connectivity index (χ4n) is 15.2. The van der Waals surface area contributed by atoms with Crippen LogP contribution in [0.15, 0.2) is 0 Å². The summed E-state index contributed by atoms with van der Waals surface area (Å²) in [6, 6.07) is 0. The first-order valence-corrected chi connectivity index (χ1v) is 20.4. The summed E-state index contributed by atoms with van der Waals surface area (Å²) in [7, 11) is 0. The third-order valence-electron chi connectivity index (χ3n) is 17.6. The van der Waals surface area contributed by atoms with Crippen LogP contribution in [0.3, 0.4) is 0 Å². The summed E-state index contributed by atoms with van der Waals surface area (Å²) >= 11 is 0. The molecule has 4 aliphatic heterocycles. The van der Waals surface area contributed by atoms with Crippen LogP contribution in [0.2, 0.25) is 0 Å². The zero-order valence-corrected chi connectivity index (χ0v) is 32.4. The molecular formula is C40H64O13. The first kappa shape index (κ1) is 38.0. The quantitative estimate of drug-likeness (QED) is 0.200. The molecule has 9 rings (SSSR count). The van der Waals surface area contributed by atoms with Gasteiger partial charge in [0.15, 0.2) is 18.4 Å². The minimum Gasteiger partial charge on any atom is -0.393 e. The van der Waals surface area contributed by atoms with Crippen molar-refractivity contribution in [2.75, 3.05) is 13.2 Å². The summed E-state index contributed by atoms with van der Waals surface area (Å²) in [5, 5.41) is 74.6. The van der Waals surface area contributed by atoms with Crippen molar-refractivity contribution in [2.45, 2.75) is 185 Å². The molecule has 2 bridgehead atoms. The molecule has 9 fully saturated rings. The van der Waals surface area contributed by atoms with Crippen LogP contribution in [0, 0.1) is 50.7 Å². The maximum Gasteiger partial charge on any atom is 0.186 e. The second kappa shape index (κ2) is 11.8. The molecule has 5 aliphatic carbocycles. The lowest BCUT2D eigenvalue weighted by Gasteiger charge is -2.64. The van der Waals surface area contributed by atoms with E-state index in [1.807, 2.05) is 13.8 Å². The summed E-state index contributed by atoms with van der Waals surface area (Å²) in [6.45, 7) is 15.2. The molecule has 13 heteroatoms. The number of aliphatic hydroxyl groups is 7. The Kier molecular flexibility index (Phi) is 8.46. The number of ether oxygens (including phenoxy) is 6. The fourth-order valence-corrected chi connectivity index (χ4v) is 15.2. The van der Waals surface area contributed by atoms with Crippen LogP contribution < -0.4 is 0 Å². The van der Waals surface area contributed by atoms with Crippen LogP contribution >= 0.6 is 0 Å². The van der Waals surface area contributed by atoms with E-state index >= 15 is 0 Å². The monoisotopic (exact) mass is 752 g/mol. The van der Waals surface area contributed by atoms with Crippen LogP contribution in [0.5, 0.6) is 0 Å². The molecule has 3 spiro atoms. The molecule has 53 heavy (non-hydrogen) atoms. The average Bonchev–Trinajstić information content (AvgIpc) is 3.55. The van der Waals surface area contributed by atoms with Gasteiger partial charge in [-0.25, -0.2) is 0 Å². The highest BCUT2D eigenvalue weighted by molar-refractivity contribution is 5.34. The molecule has 13 nitrogen and oxygen atoms in total. The molecule has 302 valence electrons. The Morgan fingerprint density at radius 1 is 0.660 bits per heavy atom. The van der Waals surface area contributed by atoms with Crippen molar-refractivity contribution in [3.05, 3.63) is 0 Å². The molecule has 0 amide bonds. The largest absolute Gasteiger partial charge is 0.393 e. The first-order valence-electron chi connectivity index (χ1n) is 20.4. The predicted molar refractivity (Wildman–Crippen MR) is 185 cm³/mol. The highest BCUT2D eigenvalue weighted by Crippen LogP contribution is 2.90. The molecule has 7 N–H and O–H groups in total. The standard InChI is InChI=1S/C40H64O13/c1-18-12-22-31(35(4,5)53-33-28(47)26(45)21(43)15-49-33)52-40(51-22)16-37(7)30-19(41)13-23-34(2,3)24(50-32-27(46)25(44)20(42)14-48-32)8-9-38(23)17-39(30,38)11-10-36(37,6)29(18)40/h18-33,41-47H,8-17H2,1-7H3. The lowest BCUT2D eigenvalue weighted by Crippen LogP contribution is -2.63. The van der Waals surface area contributed by atoms with Crippen molar-refractivity contribution in [3.8, 4) is 0 Å². The lowest BCUT2D eigenvalue weighted by molar-refractivity contribution is -0.312. The zero-order chi connectivity index (χ0) is 38.1. The smallest absolute Gasteiger partial charge is 0.186 e. The number of rotatable bonds is 5. The molecular weight excluding hydrogens is 688 g/mol. The molecule has 4 heterocycles. The predicted octanol–water partition coefficient (Wildman–Crippen LogP) is 1.58. The number of hydrogen-bond donors (Lipinski definition) is 7. The Bertz CT molecular complexity index is 1460. The Morgan fingerprint density at radius 2 is 1.30 bits per heavy atom. The van der Waals surface area contributed by atoms with Crippen molar-refractivity contribution in [2.24, 2.45) is 50.7 Å². The summed E-state index contributed by atoms with van der Waals surface area (Å²) in [6.07, 6.45) is -4.40. The first-order chi connectivity index (χ1) is 24.7. The van der Waals surface area contributed by atoms with Crippen LogP contribution in [-0.4, -0.2) is 134 Å². The topological polar surface area (TPSA) is 197 Å². The molecule has 0 radical (unpaired) electrons. The van der Waals surface area contributed by atoms with Gasteiger partial charge in [0.2, 0.25) is 0 Å². The van der Waals surface area contributed by atoms with Crippen LogP contribution in [0.1, 0.15) is 99.8 Å². The second-order valence-electron chi connectivity index (χ2n) is 20.7. The highest BCUT2D eigenvalue weighted by atomic mass is 16.8. The average molecular weight is 753 g/mol. The van der Waals surface area contributed by atoms with E-state index < -0.39 is 72.8 Å². The van der Waals surface area contributed by atoms with E-state index in [1.165, 1.54) is 0 Å².